The molecule has 0 atom stereocenters. The smallest absolute Gasteiger partial charge is 0.434 e. The molecule has 0 saturated carbocycles. The van der Waals surface area contributed by atoms with Gasteiger partial charge in [0.2, 0.25) is 0 Å². The van der Waals surface area contributed by atoms with E-state index in [0.29, 0.717) is 5.36 Å². The van der Waals surface area contributed by atoms with Crippen LogP contribution in [0.1, 0.15) is 12.5 Å². The van der Waals surface area contributed by atoms with Gasteiger partial charge < -0.3 is 15.0 Å². The van der Waals surface area contributed by atoms with Crippen molar-refractivity contribution in [2.75, 3.05) is 5.73 Å². The van der Waals surface area contributed by atoms with Crippen LogP contribution < -0.4 is 11.1 Å². The normalized spacial score (nSPS) is 11.4. The molecule has 6 heteroatoms. The number of amides is 1. The second-order valence-corrected chi connectivity index (χ2v) is 8.12. The van der Waals surface area contributed by atoms with E-state index in [1.165, 1.54) is 0 Å². The summed E-state index contributed by atoms with van der Waals surface area (Å²) in [6.07, 6.45) is -0.608. The third-order valence-electron chi connectivity index (χ3n) is 5.92. The fourth-order valence-corrected chi connectivity index (χ4v) is 4.39. The van der Waals surface area contributed by atoms with Crippen LogP contribution in [0, 0.1) is 0 Å². The molecule has 0 aromatic heterocycles. The van der Waals surface area contributed by atoms with Gasteiger partial charge in [-0.05, 0) is 47.7 Å². The molecule has 5 nitrogen and oxygen atoms in total. The van der Waals surface area contributed by atoms with Gasteiger partial charge in [0.1, 0.15) is 6.61 Å². The van der Waals surface area contributed by atoms with Crippen molar-refractivity contribution in [1.82, 2.24) is 4.57 Å². The molecule has 2 aliphatic rings. The van der Waals surface area contributed by atoms with Gasteiger partial charge in [-0.2, -0.15) is 4.99 Å². The van der Waals surface area contributed by atoms with Crippen molar-refractivity contribution in [3.8, 4) is 22.5 Å². The van der Waals surface area contributed by atoms with Gasteiger partial charge >= 0.3 is 6.09 Å². The summed E-state index contributed by atoms with van der Waals surface area (Å²) in [5.41, 5.74) is 12.1. The summed E-state index contributed by atoms with van der Waals surface area (Å²) in [6, 6.07) is 31.7. The standard InChI is InChI=1S/C29H25N3O2.ClH/c1-2-32-27-18-23(31-29(33)34-19-20-9-5-3-6-10-20)14-16-25(27)24-15-13-22(30)17-26(24)28(32)21-11-7-4-8-12-21;/h3-18H,2,19,30H2,1H3;1H/b31-23-;. The van der Waals surface area contributed by atoms with Gasteiger partial charge in [-0.15, -0.1) is 12.4 Å². The molecule has 1 heterocycles. The average molecular weight is 484 g/mol. The Labute approximate surface area is 210 Å². The highest BCUT2D eigenvalue weighted by atomic mass is 35.5. The SMILES string of the molecule is CCn1c2c/c(=N\C(=O)OCc3ccccc3)ccc-2c2ccc(N)cc2c1-c1ccccc1.Cl. The number of hydrogen-bond donors (Lipinski definition) is 1. The third-order valence-corrected chi connectivity index (χ3v) is 5.92. The lowest BCUT2D eigenvalue weighted by atomic mass is 9.95. The lowest BCUT2D eigenvalue weighted by Crippen LogP contribution is -2.13. The Morgan fingerprint density at radius 2 is 1.60 bits per heavy atom. The van der Waals surface area contributed by atoms with Gasteiger partial charge in [-0.1, -0.05) is 72.8 Å². The van der Waals surface area contributed by atoms with Crippen LogP contribution in [0.5, 0.6) is 0 Å². The van der Waals surface area contributed by atoms with E-state index in [9.17, 15) is 4.79 Å². The van der Waals surface area contributed by atoms with Crippen molar-refractivity contribution in [2.24, 2.45) is 4.99 Å². The third kappa shape index (κ3) is 4.91. The zero-order valence-corrected chi connectivity index (χ0v) is 20.2. The summed E-state index contributed by atoms with van der Waals surface area (Å²) in [7, 11) is 0. The second kappa shape index (κ2) is 10.5. The Kier molecular flexibility index (Phi) is 7.18. The van der Waals surface area contributed by atoms with E-state index in [1.54, 1.807) is 0 Å². The molecular formula is C29H26ClN3O2. The number of aromatic nitrogens is 1. The van der Waals surface area contributed by atoms with E-state index in [-0.39, 0.29) is 19.0 Å². The van der Waals surface area contributed by atoms with Crippen molar-refractivity contribution < 1.29 is 9.53 Å². The van der Waals surface area contributed by atoms with E-state index in [1.807, 2.05) is 78.9 Å². The van der Waals surface area contributed by atoms with Crippen molar-refractivity contribution in [3.05, 3.63) is 108 Å². The summed E-state index contributed by atoms with van der Waals surface area (Å²) in [5, 5.41) is 2.75. The summed E-state index contributed by atoms with van der Waals surface area (Å²) in [4.78, 5) is 16.6. The van der Waals surface area contributed by atoms with Crippen molar-refractivity contribution in [3.63, 3.8) is 0 Å². The average Bonchev–Trinajstić information content (AvgIpc) is 2.87. The van der Waals surface area contributed by atoms with Gasteiger partial charge in [-0.3, -0.25) is 0 Å². The molecule has 0 spiro atoms. The molecular weight excluding hydrogens is 458 g/mol. The van der Waals surface area contributed by atoms with Crippen LogP contribution in [0.15, 0.2) is 102 Å². The number of nitrogens with zero attached hydrogens (tertiary/aromatic N) is 2. The molecule has 1 aliphatic carbocycles. The summed E-state index contributed by atoms with van der Waals surface area (Å²) in [6.45, 7) is 3.05. The largest absolute Gasteiger partial charge is 0.443 e. The van der Waals surface area contributed by atoms with Gasteiger partial charge in [0.25, 0.3) is 0 Å². The Balaban J connectivity index is 0.00000289. The first-order chi connectivity index (χ1) is 16.6. The van der Waals surface area contributed by atoms with E-state index in [0.717, 1.165) is 51.1 Å². The fraction of sp³-hybridized carbons (Fsp3) is 0.103. The molecule has 35 heavy (non-hydrogen) atoms. The maximum absolute atomic E-state index is 12.4. The first kappa shape index (κ1) is 24.0. The first-order valence-corrected chi connectivity index (χ1v) is 11.3. The van der Waals surface area contributed by atoms with Crippen LogP contribution in [0.4, 0.5) is 10.5 Å². The zero-order chi connectivity index (χ0) is 23.5. The number of nitrogen functional groups attached to an aromatic ring is 1. The number of pyridine rings is 1. The number of carbonyl (C=O) groups is 1. The molecule has 1 amide bonds. The van der Waals surface area contributed by atoms with Crippen LogP contribution in [0.2, 0.25) is 0 Å². The summed E-state index contributed by atoms with van der Waals surface area (Å²) in [5.74, 6) is 0. The number of anilines is 1. The Bertz CT molecular complexity index is 1510. The molecule has 0 unspecified atom stereocenters. The van der Waals surface area contributed by atoms with Crippen LogP contribution >= 0.6 is 12.4 Å². The highest BCUT2D eigenvalue weighted by Gasteiger charge is 2.18. The van der Waals surface area contributed by atoms with E-state index < -0.39 is 6.09 Å². The van der Waals surface area contributed by atoms with E-state index in [4.69, 9.17) is 10.5 Å². The quantitative estimate of drug-likeness (QED) is 0.229. The minimum Gasteiger partial charge on any atom is -0.443 e. The number of rotatable bonds is 4. The van der Waals surface area contributed by atoms with E-state index in [2.05, 4.69) is 34.7 Å². The molecule has 176 valence electrons. The van der Waals surface area contributed by atoms with Crippen LogP contribution in [0.25, 0.3) is 33.3 Å². The zero-order valence-electron chi connectivity index (χ0n) is 19.3. The minimum absolute atomic E-state index is 0. The summed E-state index contributed by atoms with van der Waals surface area (Å²) >= 11 is 0. The Morgan fingerprint density at radius 3 is 2.31 bits per heavy atom. The number of hydrogen-bond acceptors (Lipinski definition) is 3. The highest BCUT2D eigenvalue weighted by molar-refractivity contribution is 6.05. The molecule has 0 bridgehead atoms. The number of halogens is 1. The monoisotopic (exact) mass is 483 g/mol. The second-order valence-electron chi connectivity index (χ2n) is 8.12. The molecule has 2 N–H and O–H groups in total. The van der Waals surface area contributed by atoms with Crippen molar-refractivity contribution in [2.45, 2.75) is 20.1 Å². The highest BCUT2D eigenvalue weighted by Crippen LogP contribution is 2.38. The van der Waals surface area contributed by atoms with Gasteiger partial charge in [0.15, 0.2) is 0 Å². The van der Waals surface area contributed by atoms with E-state index >= 15 is 0 Å². The number of benzene rings is 4. The molecule has 0 radical (unpaired) electrons. The maximum atomic E-state index is 12.4. The molecule has 3 aromatic rings. The van der Waals surface area contributed by atoms with Crippen LogP contribution in [0.3, 0.4) is 0 Å². The molecule has 0 fully saturated rings. The minimum atomic E-state index is -0.608. The number of fused-ring (bicyclic) bond motifs is 3. The van der Waals surface area contributed by atoms with Crippen LogP contribution in [-0.4, -0.2) is 10.7 Å². The number of nitrogens with two attached hydrogens (primary N) is 1. The lowest BCUT2D eigenvalue weighted by Gasteiger charge is -2.23. The van der Waals surface area contributed by atoms with Gasteiger partial charge in [0.05, 0.1) is 16.7 Å². The van der Waals surface area contributed by atoms with Crippen molar-refractivity contribution in [1.29, 1.82) is 0 Å². The fourth-order valence-electron chi connectivity index (χ4n) is 4.39. The maximum Gasteiger partial charge on any atom is 0.434 e. The Morgan fingerprint density at radius 1 is 0.886 bits per heavy atom. The topological polar surface area (TPSA) is 69.6 Å². The predicted octanol–water partition coefficient (Wildman–Crippen LogP) is 6.67. The van der Waals surface area contributed by atoms with Gasteiger partial charge in [0, 0.05) is 23.2 Å². The molecule has 0 saturated heterocycles. The predicted molar refractivity (Wildman–Crippen MR) is 144 cm³/mol. The van der Waals surface area contributed by atoms with Crippen LogP contribution in [-0.2, 0) is 17.9 Å². The van der Waals surface area contributed by atoms with Gasteiger partial charge in [-0.25, -0.2) is 4.79 Å². The van der Waals surface area contributed by atoms with Crippen molar-refractivity contribution >= 4 is 35.0 Å². The Hall–Kier alpha value is -4.09. The first-order valence-electron chi connectivity index (χ1n) is 11.3. The summed E-state index contributed by atoms with van der Waals surface area (Å²) < 4.78 is 7.60. The number of carbonyl (C=O) groups excluding carboxylic acids is 1. The lowest BCUT2D eigenvalue weighted by molar-refractivity contribution is 0.150. The number of ether oxygens (including phenoxy) is 1. The molecule has 3 aromatic carbocycles. The molecule has 5 rings (SSSR count). The molecule has 1 aliphatic heterocycles.